The molecule has 0 aliphatic rings. The second-order valence-corrected chi connectivity index (χ2v) is 6.88. The lowest BCUT2D eigenvalue weighted by molar-refractivity contribution is -0.124. The number of benzene rings is 3. The van der Waals surface area contributed by atoms with Crippen LogP contribution in [-0.4, -0.2) is 29.2 Å². The lowest BCUT2D eigenvalue weighted by atomic mass is 10.1. The number of hydrogen-bond donors (Lipinski definition) is 4. The van der Waals surface area contributed by atoms with E-state index in [1.54, 1.807) is 24.3 Å². The summed E-state index contributed by atoms with van der Waals surface area (Å²) in [6.45, 7) is 1.23. The zero-order valence-corrected chi connectivity index (χ0v) is 16.2. The third-order valence-corrected chi connectivity index (χ3v) is 4.70. The average molecular weight is 390 g/mol. The van der Waals surface area contributed by atoms with E-state index in [4.69, 9.17) is 0 Å². The zero-order valence-electron chi connectivity index (χ0n) is 16.2. The Bertz CT molecular complexity index is 883. The highest BCUT2D eigenvalue weighted by atomic mass is 16.3. The highest BCUT2D eigenvalue weighted by Gasteiger charge is 2.16. The number of amides is 1. The second-order valence-electron chi connectivity index (χ2n) is 6.88. The van der Waals surface area contributed by atoms with Gasteiger partial charge < -0.3 is 20.8 Å². The first kappa shape index (κ1) is 20.7. The molecule has 0 saturated carbocycles. The maximum atomic E-state index is 12.2. The van der Waals surface area contributed by atoms with Gasteiger partial charge in [-0.2, -0.15) is 0 Å². The van der Waals surface area contributed by atoms with Crippen LogP contribution in [0, 0.1) is 0 Å². The molecule has 150 valence electrons. The van der Waals surface area contributed by atoms with E-state index in [1.165, 1.54) is 0 Å². The molecule has 5 nitrogen and oxygen atoms in total. The predicted octanol–water partition coefficient (Wildman–Crippen LogP) is 3.22. The molecule has 29 heavy (non-hydrogen) atoms. The minimum absolute atomic E-state index is 0.458. The van der Waals surface area contributed by atoms with Crippen molar-refractivity contribution in [3.8, 4) is 0 Å². The second kappa shape index (κ2) is 10.5. The molecule has 0 heterocycles. The Kier molecular flexibility index (Phi) is 7.53. The van der Waals surface area contributed by atoms with Crippen molar-refractivity contribution in [2.75, 3.05) is 18.4 Å². The van der Waals surface area contributed by atoms with Crippen LogP contribution >= 0.6 is 0 Å². The van der Waals surface area contributed by atoms with E-state index in [2.05, 4.69) is 10.6 Å². The number of rotatable bonds is 9. The molecule has 0 radical (unpaired) electrons. The van der Waals surface area contributed by atoms with Gasteiger partial charge in [0.1, 0.15) is 0 Å². The molecule has 1 amide bonds. The molecular formula is C24H26N2O3. The maximum Gasteiger partial charge on any atom is 0.257 e. The lowest BCUT2D eigenvalue weighted by Crippen LogP contribution is -2.23. The molecule has 2 atom stereocenters. The van der Waals surface area contributed by atoms with Crippen LogP contribution in [0.25, 0.3) is 0 Å². The molecule has 0 unspecified atom stereocenters. The molecule has 3 aromatic carbocycles. The van der Waals surface area contributed by atoms with E-state index >= 15 is 0 Å². The third-order valence-electron chi connectivity index (χ3n) is 4.70. The number of carbonyl (C=O) groups is 1. The van der Waals surface area contributed by atoms with E-state index < -0.39 is 18.1 Å². The fraction of sp³-hybridized carbons (Fsp3) is 0.208. The van der Waals surface area contributed by atoms with Crippen LogP contribution in [0.2, 0.25) is 0 Å². The minimum atomic E-state index is -1.20. The summed E-state index contributed by atoms with van der Waals surface area (Å²) in [4.78, 5) is 12.2. The van der Waals surface area contributed by atoms with E-state index in [0.29, 0.717) is 17.8 Å². The van der Waals surface area contributed by atoms with E-state index in [9.17, 15) is 15.0 Å². The van der Waals surface area contributed by atoms with Gasteiger partial charge in [0.2, 0.25) is 0 Å². The Balaban J connectivity index is 1.42. The Hall–Kier alpha value is -2.99. The van der Waals surface area contributed by atoms with E-state index in [1.807, 2.05) is 60.7 Å². The van der Waals surface area contributed by atoms with Crippen molar-refractivity contribution in [2.24, 2.45) is 0 Å². The topological polar surface area (TPSA) is 81.6 Å². The summed E-state index contributed by atoms with van der Waals surface area (Å²) in [5, 5.41) is 26.3. The first-order chi connectivity index (χ1) is 14.1. The molecule has 0 spiro atoms. The Morgan fingerprint density at radius 3 is 2.00 bits per heavy atom. The summed E-state index contributed by atoms with van der Waals surface area (Å²) < 4.78 is 0. The number of hydrogen-bond acceptors (Lipinski definition) is 4. The largest absolute Gasteiger partial charge is 0.387 e. The van der Waals surface area contributed by atoms with Gasteiger partial charge in [-0.1, -0.05) is 72.8 Å². The minimum Gasteiger partial charge on any atom is -0.387 e. The standard InChI is InChI=1S/C24H26N2O3/c27-22(19-7-3-1-4-8-19)17-25-16-15-18-11-13-21(14-12-18)26-24(29)23(28)20-9-5-2-6-10-20/h1-14,22-23,25,27-28H,15-17H2,(H,26,29)/t22-,23-/m0/s1. The fourth-order valence-corrected chi connectivity index (χ4v) is 3.02. The maximum absolute atomic E-state index is 12.2. The lowest BCUT2D eigenvalue weighted by Gasteiger charge is -2.13. The van der Waals surface area contributed by atoms with Gasteiger partial charge in [-0.3, -0.25) is 4.79 Å². The molecule has 0 aliphatic heterocycles. The van der Waals surface area contributed by atoms with E-state index in [-0.39, 0.29) is 0 Å². The van der Waals surface area contributed by atoms with Crippen LogP contribution in [0.15, 0.2) is 84.9 Å². The van der Waals surface area contributed by atoms with Gasteiger partial charge >= 0.3 is 0 Å². The van der Waals surface area contributed by atoms with Crippen LogP contribution in [0.4, 0.5) is 5.69 Å². The van der Waals surface area contributed by atoms with Crippen molar-refractivity contribution in [3.63, 3.8) is 0 Å². The molecule has 0 aromatic heterocycles. The van der Waals surface area contributed by atoms with Crippen molar-refractivity contribution < 1.29 is 15.0 Å². The molecule has 3 rings (SSSR count). The summed E-state index contributed by atoms with van der Waals surface area (Å²) in [5.41, 5.74) is 3.22. The van der Waals surface area contributed by atoms with Crippen molar-refractivity contribution in [1.29, 1.82) is 0 Å². The van der Waals surface area contributed by atoms with Gasteiger partial charge in [-0.25, -0.2) is 0 Å². The molecule has 0 bridgehead atoms. The smallest absolute Gasteiger partial charge is 0.257 e. The first-order valence-corrected chi connectivity index (χ1v) is 9.70. The van der Waals surface area contributed by atoms with Gasteiger partial charge in [-0.15, -0.1) is 0 Å². The van der Waals surface area contributed by atoms with Crippen molar-refractivity contribution in [3.05, 3.63) is 102 Å². The molecule has 0 fully saturated rings. The highest BCUT2D eigenvalue weighted by Crippen LogP contribution is 2.16. The molecule has 5 heteroatoms. The Morgan fingerprint density at radius 2 is 1.38 bits per heavy atom. The van der Waals surface area contributed by atoms with Crippen LogP contribution in [-0.2, 0) is 11.2 Å². The summed E-state index contributed by atoms with van der Waals surface area (Å²) in [6.07, 6.45) is -0.913. The summed E-state index contributed by atoms with van der Waals surface area (Å²) in [6, 6.07) is 26.0. The van der Waals surface area contributed by atoms with Crippen LogP contribution in [0.5, 0.6) is 0 Å². The number of aliphatic hydroxyl groups is 2. The molecule has 0 saturated heterocycles. The first-order valence-electron chi connectivity index (χ1n) is 9.70. The van der Waals surface area contributed by atoms with Crippen molar-refractivity contribution in [1.82, 2.24) is 5.32 Å². The highest BCUT2D eigenvalue weighted by molar-refractivity contribution is 5.94. The zero-order chi connectivity index (χ0) is 20.5. The summed E-state index contributed by atoms with van der Waals surface area (Å²) in [7, 11) is 0. The van der Waals surface area contributed by atoms with Gasteiger partial charge in [0.15, 0.2) is 6.10 Å². The number of anilines is 1. The molecule has 0 aliphatic carbocycles. The Labute approximate surface area is 171 Å². The van der Waals surface area contributed by atoms with Gasteiger partial charge in [0, 0.05) is 12.2 Å². The molecule has 3 aromatic rings. The normalized spacial score (nSPS) is 12.9. The van der Waals surface area contributed by atoms with Crippen LogP contribution in [0.1, 0.15) is 28.9 Å². The summed E-state index contributed by atoms with van der Waals surface area (Å²) >= 11 is 0. The van der Waals surface area contributed by atoms with Crippen LogP contribution in [0.3, 0.4) is 0 Å². The van der Waals surface area contributed by atoms with Gasteiger partial charge in [0.05, 0.1) is 6.10 Å². The number of carbonyl (C=O) groups excluding carboxylic acids is 1. The molecule has 4 N–H and O–H groups in total. The van der Waals surface area contributed by atoms with Crippen molar-refractivity contribution in [2.45, 2.75) is 18.6 Å². The molecular weight excluding hydrogens is 364 g/mol. The number of aliphatic hydroxyl groups excluding tert-OH is 2. The van der Waals surface area contributed by atoms with Gasteiger partial charge in [0.25, 0.3) is 5.91 Å². The predicted molar refractivity (Wildman–Crippen MR) is 114 cm³/mol. The van der Waals surface area contributed by atoms with Gasteiger partial charge in [-0.05, 0) is 41.8 Å². The van der Waals surface area contributed by atoms with E-state index in [0.717, 1.165) is 24.1 Å². The fourth-order valence-electron chi connectivity index (χ4n) is 3.02. The third kappa shape index (κ3) is 6.26. The Morgan fingerprint density at radius 1 is 0.793 bits per heavy atom. The summed E-state index contributed by atoms with van der Waals surface area (Å²) in [5.74, 6) is -0.458. The SMILES string of the molecule is O=C(Nc1ccc(CCNC[C@H](O)c2ccccc2)cc1)[C@@H](O)c1ccccc1. The van der Waals surface area contributed by atoms with Crippen molar-refractivity contribution >= 4 is 11.6 Å². The quantitative estimate of drug-likeness (QED) is 0.423. The van der Waals surface area contributed by atoms with Crippen LogP contribution < -0.4 is 10.6 Å². The average Bonchev–Trinajstić information content (AvgIpc) is 2.78. The number of nitrogens with one attached hydrogen (secondary N) is 2. The monoisotopic (exact) mass is 390 g/mol.